The highest BCUT2D eigenvalue weighted by Gasteiger charge is 2.21. The summed E-state index contributed by atoms with van der Waals surface area (Å²) in [5.41, 5.74) is 1.16. The molecule has 0 heterocycles. The highest BCUT2D eigenvalue weighted by molar-refractivity contribution is 7.92. The van der Waals surface area contributed by atoms with E-state index in [-0.39, 0.29) is 11.5 Å². The number of hydrogen-bond acceptors (Lipinski definition) is 3. The van der Waals surface area contributed by atoms with Crippen LogP contribution in [0.15, 0.2) is 53.4 Å². The molecular formula is C14H14FNO3S. The number of benzene rings is 2. The zero-order valence-electron chi connectivity index (χ0n) is 10.8. The zero-order valence-corrected chi connectivity index (χ0v) is 11.6. The molecule has 2 aromatic carbocycles. The molecule has 0 unspecified atom stereocenters. The van der Waals surface area contributed by atoms with E-state index < -0.39 is 15.8 Å². The molecule has 0 aliphatic heterocycles. The Morgan fingerprint density at radius 1 is 1.05 bits per heavy atom. The van der Waals surface area contributed by atoms with E-state index in [1.54, 1.807) is 24.3 Å². The molecule has 2 aromatic rings. The lowest BCUT2D eigenvalue weighted by molar-refractivity contribution is 0.282. The molecule has 0 aliphatic carbocycles. The molecule has 6 heteroatoms. The summed E-state index contributed by atoms with van der Waals surface area (Å²) in [7, 11) is -2.30. The number of sulfonamides is 1. The van der Waals surface area contributed by atoms with Crippen molar-refractivity contribution in [2.75, 3.05) is 11.4 Å². The first-order chi connectivity index (χ1) is 9.45. The molecule has 0 aliphatic rings. The lowest BCUT2D eigenvalue weighted by atomic mass is 10.2. The average Bonchev–Trinajstić information content (AvgIpc) is 2.47. The molecule has 1 N–H and O–H groups in total. The van der Waals surface area contributed by atoms with Crippen molar-refractivity contribution in [3.05, 3.63) is 59.9 Å². The van der Waals surface area contributed by atoms with Gasteiger partial charge in [-0.2, -0.15) is 0 Å². The van der Waals surface area contributed by atoms with Gasteiger partial charge in [0.15, 0.2) is 0 Å². The number of aliphatic hydroxyl groups is 1. The quantitative estimate of drug-likeness (QED) is 0.940. The topological polar surface area (TPSA) is 57.6 Å². The van der Waals surface area contributed by atoms with Crippen LogP contribution in [0.2, 0.25) is 0 Å². The van der Waals surface area contributed by atoms with Gasteiger partial charge in [-0.05, 0) is 42.0 Å². The molecule has 0 atom stereocenters. The molecule has 106 valence electrons. The molecule has 0 bridgehead atoms. The van der Waals surface area contributed by atoms with E-state index in [4.69, 9.17) is 5.11 Å². The molecule has 0 saturated carbocycles. The van der Waals surface area contributed by atoms with Crippen LogP contribution in [0.1, 0.15) is 5.56 Å². The molecule has 4 nitrogen and oxygen atoms in total. The van der Waals surface area contributed by atoms with Crippen molar-refractivity contribution in [1.29, 1.82) is 0 Å². The Morgan fingerprint density at radius 2 is 1.60 bits per heavy atom. The summed E-state index contributed by atoms with van der Waals surface area (Å²) in [5.74, 6) is -0.487. The minimum Gasteiger partial charge on any atom is -0.392 e. The zero-order chi connectivity index (χ0) is 14.8. The fourth-order valence-electron chi connectivity index (χ4n) is 1.71. The molecule has 0 aromatic heterocycles. The van der Waals surface area contributed by atoms with Crippen molar-refractivity contribution in [2.24, 2.45) is 0 Å². The van der Waals surface area contributed by atoms with Crippen molar-refractivity contribution in [1.82, 2.24) is 0 Å². The van der Waals surface area contributed by atoms with E-state index in [0.717, 1.165) is 16.4 Å². The molecule has 2 rings (SSSR count). The van der Waals surface area contributed by atoms with E-state index in [1.165, 1.54) is 19.2 Å². The Kier molecular flexibility index (Phi) is 4.06. The largest absolute Gasteiger partial charge is 0.392 e. The monoisotopic (exact) mass is 295 g/mol. The van der Waals surface area contributed by atoms with Crippen LogP contribution in [0.25, 0.3) is 0 Å². The molecule has 0 fully saturated rings. The second-order valence-corrected chi connectivity index (χ2v) is 6.22. The maximum Gasteiger partial charge on any atom is 0.264 e. The summed E-state index contributed by atoms with van der Waals surface area (Å²) in [6.07, 6.45) is 0. The normalized spacial score (nSPS) is 11.3. The van der Waals surface area contributed by atoms with E-state index in [0.29, 0.717) is 11.3 Å². The van der Waals surface area contributed by atoms with Crippen molar-refractivity contribution in [2.45, 2.75) is 11.5 Å². The number of hydrogen-bond donors (Lipinski definition) is 1. The summed E-state index contributed by atoms with van der Waals surface area (Å²) in [5, 5.41) is 8.96. The van der Waals surface area contributed by atoms with Gasteiger partial charge in [-0.3, -0.25) is 4.31 Å². The smallest absolute Gasteiger partial charge is 0.264 e. The first-order valence-electron chi connectivity index (χ1n) is 5.89. The minimum atomic E-state index is -3.72. The van der Waals surface area contributed by atoms with Crippen LogP contribution in [0.5, 0.6) is 0 Å². The average molecular weight is 295 g/mol. The Balaban J connectivity index is 2.35. The summed E-state index contributed by atoms with van der Waals surface area (Å²) < 4.78 is 38.7. The first-order valence-corrected chi connectivity index (χ1v) is 7.33. The summed E-state index contributed by atoms with van der Waals surface area (Å²) in [4.78, 5) is 0.0210. The lowest BCUT2D eigenvalue weighted by Gasteiger charge is -2.19. The number of halogens is 1. The summed E-state index contributed by atoms with van der Waals surface area (Å²) in [6.45, 7) is -0.102. The molecule has 0 radical (unpaired) electrons. The van der Waals surface area contributed by atoms with Crippen molar-refractivity contribution >= 4 is 15.7 Å². The second-order valence-electron chi connectivity index (χ2n) is 4.25. The Bertz CT molecular complexity index is 681. The fraction of sp³-hybridized carbons (Fsp3) is 0.143. The molecule has 0 amide bonds. The van der Waals surface area contributed by atoms with E-state index in [2.05, 4.69) is 0 Å². The highest BCUT2D eigenvalue weighted by atomic mass is 32.2. The van der Waals surface area contributed by atoms with Gasteiger partial charge < -0.3 is 5.11 Å². The van der Waals surface area contributed by atoms with Gasteiger partial charge in [0, 0.05) is 7.05 Å². The lowest BCUT2D eigenvalue weighted by Crippen LogP contribution is -2.26. The molecule has 20 heavy (non-hydrogen) atoms. The third-order valence-corrected chi connectivity index (χ3v) is 4.75. The van der Waals surface area contributed by atoms with Gasteiger partial charge in [-0.1, -0.05) is 12.1 Å². The molecule has 0 spiro atoms. The van der Waals surface area contributed by atoms with Crippen LogP contribution < -0.4 is 4.31 Å². The van der Waals surface area contributed by atoms with Gasteiger partial charge in [0.2, 0.25) is 0 Å². The number of nitrogens with zero attached hydrogens (tertiary/aromatic N) is 1. The van der Waals surface area contributed by atoms with Crippen molar-refractivity contribution in [3.8, 4) is 0 Å². The van der Waals surface area contributed by atoms with Crippen molar-refractivity contribution in [3.63, 3.8) is 0 Å². The first kappa shape index (κ1) is 14.5. The minimum absolute atomic E-state index is 0.0210. The van der Waals surface area contributed by atoms with E-state index in [9.17, 15) is 12.8 Å². The van der Waals surface area contributed by atoms with Gasteiger partial charge >= 0.3 is 0 Å². The predicted octanol–water partition coefficient (Wildman–Crippen LogP) is 2.14. The maximum atomic E-state index is 12.9. The fourth-order valence-corrected chi connectivity index (χ4v) is 2.91. The molecule has 0 saturated heterocycles. The standard InChI is InChI=1S/C14H14FNO3S/c1-16(13-6-2-11(10-17)3-7-13)20(18,19)14-8-4-12(15)5-9-14/h2-9,17H,10H2,1H3. The van der Waals surface area contributed by atoms with Crippen LogP contribution in [0.3, 0.4) is 0 Å². The highest BCUT2D eigenvalue weighted by Crippen LogP contribution is 2.22. The van der Waals surface area contributed by atoms with Crippen LogP contribution in [-0.4, -0.2) is 20.6 Å². The third kappa shape index (κ3) is 2.81. The van der Waals surface area contributed by atoms with Gasteiger partial charge in [-0.25, -0.2) is 12.8 Å². The van der Waals surface area contributed by atoms with Crippen LogP contribution in [-0.2, 0) is 16.6 Å². The Labute approximate surface area is 117 Å². The van der Waals surface area contributed by atoms with Gasteiger partial charge in [0.1, 0.15) is 5.82 Å². The number of rotatable bonds is 4. The predicted molar refractivity (Wildman–Crippen MR) is 74.4 cm³/mol. The maximum absolute atomic E-state index is 12.9. The molecular weight excluding hydrogens is 281 g/mol. The third-order valence-electron chi connectivity index (χ3n) is 2.95. The summed E-state index contributed by atoms with van der Waals surface area (Å²) >= 11 is 0. The van der Waals surface area contributed by atoms with Gasteiger partial charge in [0.25, 0.3) is 10.0 Å². The van der Waals surface area contributed by atoms with Crippen LogP contribution in [0.4, 0.5) is 10.1 Å². The van der Waals surface area contributed by atoms with Crippen LogP contribution in [0, 0.1) is 5.82 Å². The number of aliphatic hydroxyl groups excluding tert-OH is 1. The van der Waals surface area contributed by atoms with Gasteiger partial charge in [0.05, 0.1) is 17.2 Å². The Morgan fingerprint density at radius 3 is 2.10 bits per heavy atom. The second kappa shape index (κ2) is 5.60. The Hall–Kier alpha value is -1.92. The SMILES string of the molecule is CN(c1ccc(CO)cc1)S(=O)(=O)c1ccc(F)cc1. The van der Waals surface area contributed by atoms with E-state index >= 15 is 0 Å². The van der Waals surface area contributed by atoms with E-state index in [1.807, 2.05) is 0 Å². The summed E-state index contributed by atoms with van der Waals surface area (Å²) in [6, 6.07) is 11.2. The van der Waals surface area contributed by atoms with Gasteiger partial charge in [-0.15, -0.1) is 0 Å². The number of anilines is 1. The van der Waals surface area contributed by atoms with Crippen LogP contribution >= 0.6 is 0 Å². The van der Waals surface area contributed by atoms with Crippen molar-refractivity contribution < 1.29 is 17.9 Å².